The van der Waals surface area contributed by atoms with Crippen molar-refractivity contribution in [1.82, 2.24) is 10.2 Å². The SMILES string of the molecule is OC1CN(CNC2CCCCC2O)C1. The van der Waals surface area contributed by atoms with Gasteiger partial charge in [-0.2, -0.15) is 0 Å². The quantitative estimate of drug-likeness (QED) is 0.575. The molecule has 1 saturated carbocycles. The van der Waals surface area contributed by atoms with Crippen molar-refractivity contribution in [3.63, 3.8) is 0 Å². The molecule has 2 aliphatic rings. The van der Waals surface area contributed by atoms with Crippen LogP contribution < -0.4 is 5.32 Å². The summed E-state index contributed by atoms with van der Waals surface area (Å²) in [6.07, 6.45) is 4.08. The molecular weight excluding hydrogens is 180 g/mol. The molecule has 82 valence electrons. The summed E-state index contributed by atoms with van der Waals surface area (Å²) in [5.74, 6) is 0. The first-order valence-electron chi connectivity index (χ1n) is 5.57. The third-order valence-electron chi connectivity index (χ3n) is 3.24. The highest BCUT2D eigenvalue weighted by Gasteiger charge is 2.27. The maximum Gasteiger partial charge on any atom is 0.0794 e. The summed E-state index contributed by atoms with van der Waals surface area (Å²) in [6.45, 7) is 2.35. The molecule has 0 aromatic heterocycles. The Labute approximate surface area is 84.9 Å². The minimum absolute atomic E-state index is 0.131. The lowest BCUT2D eigenvalue weighted by molar-refractivity contribution is -0.0109. The molecule has 0 radical (unpaired) electrons. The van der Waals surface area contributed by atoms with Crippen LogP contribution in [0.1, 0.15) is 25.7 Å². The molecule has 14 heavy (non-hydrogen) atoms. The van der Waals surface area contributed by atoms with E-state index in [9.17, 15) is 5.11 Å². The molecule has 1 aliphatic carbocycles. The minimum atomic E-state index is -0.171. The summed E-state index contributed by atoms with van der Waals surface area (Å²) in [4.78, 5) is 2.16. The van der Waals surface area contributed by atoms with Crippen LogP contribution in [-0.2, 0) is 0 Å². The van der Waals surface area contributed by atoms with Crippen LogP contribution in [0.5, 0.6) is 0 Å². The van der Waals surface area contributed by atoms with Gasteiger partial charge in [0.15, 0.2) is 0 Å². The molecule has 4 nitrogen and oxygen atoms in total. The average molecular weight is 200 g/mol. The molecule has 0 aromatic rings. The van der Waals surface area contributed by atoms with Crippen molar-refractivity contribution in [3.8, 4) is 0 Å². The molecule has 2 atom stereocenters. The topological polar surface area (TPSA) is 55.7 Å². The Bertz CT molecular complexity index is 183. The molecule has 0 amide bonds. The standard InChI is InChI=1S/C10H20N2O2/c13-8-5-12(6-8)7-11-9-3-1-2-4-10(9)14/h8-11,13-14H,1-7H2. The first-order chi connectivity index (χ1) is 6.75. The lowest BCUT2D eigenvalue weighted by atomic mass is 9.93. The van der Waals surface area contributed by atoms with Crippen LogP contribution in [-0.4, -0.2) is 53.1 Å². The average Bonchev–Trinajstić information content (AvgIpc) is 2.13. The summed E-state index contributed by atoms with van der Waals surface area (Å²) >= 11 is 0. The van der Waals surface area contributed by atoms with Crippen molar-refractivity contribution in [3.05, 3.63) is 0 Å². The first kappa shape index (κ1) is 10.4. The number of aliphatic hydroxyl groups excluding tert-OH is 2. The van der Waals surface area contributed by atoms with Crippen molar-refractivity contribution in [2.24, 2.45) is 0 Å². The van der Waals surface area contributed by atoms with E-state index in [-0.39, 0.29) is 18.2 Å². The van der Waals surface area contributed by atoms with Gasteiger partial charge in [0.1, 0.15) is 0 Å². The Morgan fingerprint density at radius 2 is 1.86 bits per heavy atom. The fraction of sp³-hybridized carbons (Fsp3) is 1.00. The highest BCUT2D eigenvalue weighted by atomic mass is 16.3. The molecule has 3 N–H and O–H groups in total. The molecule has 4 heteroatoms. The third-order valence-corrected chi connectivity index (χ3v) is 3.24. The van der Waals surface area contributed by atoms with E-state index in [1.54, 1.807) is 0 Å². The molecule has 0 aromatic carbocycles. The van der Waals surface area contributed by atoms with Crippen molar-refractivity contribution in [1.29, 1.82) is 0 Å². The van der Waals surface area contributed by atoms with Gasteiger partial charge in [-0.15, -0.1) is 0 Å². The maximum absolute atomic E-state index is 9.69. The van der Waals surface area contributed by atoms with Gasteiger partial charge in [0.2, 0.25) is 0 Å². The number of nitrogens with one attached hydrogen (secondary N) is 1. The van der Waals surface area contributed by atoms with Crippen LogP contribution in [0.15, 0.2) is 0 Å². The molecule has 1 aliphatic heterocycles. The second kappa shape index (κ2) is 4.57. The van der Waals surface area contributed by atoms with Gasteiger partial charge in [-0.25, -0.2) is 0 Å². The fourth-order valence-electron chi connectivity index (χ4n) is 2.27. The number of hydrogen-bond donors (Lipinski definition) is 3. The van der Waals surface area contributed by atoms with E-state index in [2.05, 4.69) is 10.2 Å². The summed E-state index contributed by atoms with van der Waals surface area (Å²) in [6, 6.07) is 0.265. The highest BCUT2D eigenvalue weighted by molar-refractivity contribution is 4.83. The number of nitrogens with zero attached hydrogens (tertiary/aromatic N) is 1. The molecule has 0 spiro atoms. The van der Waals surface area contributed by atoms with E-state index in [0.29, 0.717) is 0 Å². The van der Waals surface area contributed by atoms with E-state index in [1.165, 1.54) is 6.42 Å². The monoisotopic (exact) mass is 200 g/mol. The largest absolute Gasteiger partial charge is 0.392 e. The predicted octanol–water partition coefficient (Wildman–Crippen LogP) is -0.487. The molecule has 2 fully saturated rings. The second-order valence-electron chi connectivity index (χ2n) is 4.51. The normalized spacial score (nSPS) is 35.6. The Morgan fingerprint density at radius 3 is 2.50 bits per heavy atom. The van der Waals surface area contributed by atoms with Gasteiger partial charge in [0.05, 0.1) is 12.2 Å². The molecule has 1 heterocycles. The zero-order chi connectivity index (χ0) is 9.97. The first-order valence-corrected chi connectivity index (χ1v) is 5.57. The lowest BCUT2D eigenvalue weighted by Crippen LogP contribution is -2.56. The summed E-state index contributed by atoms with van der Waals surface area (Å²) in [5.41, 5.74) is 0. The third kappa shape index (κ3) is 2.45. The molecule has 2 rings (SSSR count). The highest BCUT2D eigenvalue weighted by Crippen LogP contribution is 2.18. The summed E-state index contributed by atoms with van der Waals surface area (Å²) in [5, 5.41) is 22.1. The van der Waals surface area contributed by atoms with Crippen molar-refractivity contribution in [2.45, 2.75) is 43.9 Å². The van der Waals surface area contributed by atoms with Crippen LogP contribution in [0.25, 0.3) is 0 Å². The van der Waals surface area contributed by atoms with E-state index >= 15 is 0 Å². The van der Waals surface area contributed by atoms with Gasteiger partial charge in [-0.1, -0.05) is 12.8 Å². The number of aliphatic hydroxyl groups is 2. The lowest BCUT2D eigenvalue weighted by Gasteiger charge is -2.38. The van der Waals surface area contributed by atoms with E-state index < -0.39 is 0 Å². The Kier molecular flexibility index (Phi) is 3.38. The van der Waals surface area contributed by atoms with Gasteiger partial charge < -0.3 is 10.2 Å². The van der Waals surface area contributed by atoms with Crippen LogP contribution >= 0.6 is 0 Å². The van der Waals surface area contributed by atoms with E-state index in [4.69, 9.17) is 5.11 Å². The zero-order valence-electron chi connectivity index (χ0n) is 8.52. The van der Waals surface area contributed by atoms with Crippen molar-refractivity contribution < 1.29 is 10.2 Å². The predicted molar refractivity (Wildman–Crippen MR) is 53.8 cm³/mol. The minimum Gasteiger partial charge on any atom is -0.392 e. The van der Waals surface area contributed by atoms with Crippen molar-refractivity contribution in [2.75, 3.05) is 19.8 Å². The smallest absolute Gasteiger partial charge is 0.0794 e. The number of β-amino-alcohol motifs (C(OH)–C–C–N with tert-alkyl or cyclic N) is 1. The number of hydrogen-bond acceptors (Lipinski definition) is 4. The summed E-state index contributed by atoms with van der Waals surface area (Å²) < 4.78 is 0. The summed E-state index contributed by atoms with van der Waals surface area (Å²) in [7, 11) is 0. The van der Waals surface area contributed by atoms with Crippen LogP contribution in [0.3, 0.4) is 0 Å². The van der Waals surface area contributed by atoms with E-state index in [1.807, 2.05) is 0 Å². The number of likely N-dealkylation sites (tertiary alicyclic amines) is 1. The Hall–Kier alpha value is -0.160. The molecular formula is C10H20N2O2. The van der Waals surface area contributed by atoms with Crippen molar-refractivity contribution >= 4 is 0 Å². The van der Waals surface area contributed by atoms with Gasteiger partial charge in [0.25, 0.3) is 0 Å². The second-order valence-corrected chi connectivity index (χ2v) is 4.51. The van der Waals surface area contributed by atoms with Gasteiger partial charge in [-0.05, 0) is 12.8 Å². The van der Waals surface area contributed by atoms with Crippen LogP contribution in [0.2, 0.25) is 0 Å². The Morgan fingerprint density at radius 1 is 1.14 bits per heavy atom. The van der Waals surface area contributed by atoms with Gasteiger partial charge in [-0.3, -0.25) is 10.2 Å². The Balaban J connectivity index is 1.64. The van der Waals surface area contributed by atoms with Crippen LogP contribution in [0, 0.1) is 0 Å². The fourth-order valence-corrected chi connectivity index (χ4v) is 2.27. The molecule has 2 unspecified atom stereocenters. The van der Waals surface area contributed by atoms with Gasteiger partial charge in [0, 0.05) is 25.8 Å². The molecule has 1 saturated heterocycles. The molecule has 0 bridgehead atoms. The van der Waals surface area contributed by atoms with Crippen LogP contribution in [0.4, 0.5) is 0 Å². The maximum atomic E-state index is 9.69. The van der Waals surface area contributed by atoms with Gasteiger partial charge >= 0.3 is 0 Å². The van der Waals surface area contributed by atoms with E-state index in [0.717, 1.165) is 39.0 Å². The zero-order valence-corrected chi connectivity index (χ0v) is 8.52. The number of rotatable bonds is 3.